The predicted molar refractivity (Wildman–Crippen MR) is 107 cm³/mol. The Morgan fingerprint density at radius 2 is 1.56 bits per heavy atom. The molecular formula is C22H22O2Si. The Morgan fingerprint density at radius 3 is 2.36 bits per heavy atom. The van der Waals surface area contributed by atoms with E-state index in [0.717, 1.165) is 22.4 Å². The molecule has 1 N–H and O–H groups in total. The normalized spacial score (nSPS) is 13.4. The van der Waals surface area contributed by atoms with Gasteiger partial charge in [0.25, 0.3) is 0 Å². The summed E-state index contributed by atoms with van der Waals surface area (Å²) in [7, 11) is 0.896. The Balaban J connectivity index is 1.79. The highest BCUT2D eigenvalue weighted by molar-refractivity contribution is 6.38. The molecule has 3 aromatic rings. The highest BCUT2D eigenvalue weighted by Gasteiger charge is 2.22. The van der Waals surface area contributed by atoms with E-state index < -0.39 is 6.10 Å². The second kappa shape index (κ2) is 6.51. The van der Waals surface area contributed by atoms with E-state index in [4.69, 9.17) is 4.74 Å². The number of fused-ring (bicyclic) bond motifs is 3. The first-order valence-electron chi connectivity index (χ1n) is 8.76. The van der Waals surface area contributed by atoms with Crippen molar-refractivity contribution in [2.75, 3.05) is 6.61 Å². The summed E-state index contributed by atoms with van der Waals surface area (Å²) in [4.78, 5) is 0. The quantitative estimate of drug-likeness (QED) is 0.576. The first-order chi connectivity index (χ1) is 12.1. The van der Waals surface area contributed by atoms with Crippen LogP contribution in [0.1, 0.15) is 18.1 Å². The molecule has 1 atom stereocenters. The van der Waals surface area contributed by atoms with Gasteiger partial charge in [0.15, 0.2) is 0 Å². The van der Waals surface area contributed by atoms with E-state index in [1.807, 2.05) is 6.07 Å². The summed E-state index contributed by atoms with van der Waals surface area (Å²) in [5.74, 6) is 0.901. The van der Waals surface area contributed by atoms with Gasteiger partial charge in [0.05, 0.1) is 6.10 Å². The first-order valence-corrected chi connectivity index (χ1v) is 9.76. The van der Waals surface area contributed by atoms with Crippen LogP contribution in [0.15, 0.2) is 60.7 Å². The van der Waals surface area contributed by atoms with Gasteiger partial charge < -0.3 is 9.84 Å². The minimum Gasteiger partial charge on any atom is -0.491 e. The molecule has 4 rings (SSSR count). The van der Waals surface area contributed by atoms with Gasteiger partial charge in [-0.05, 0) is 58.0 Å². The zero-order valence-corrected chi connectivity index (χ0v) is 16.6. The smallest absolute Gasteiger partial charge is 0.118 e. The lowest BCUT2D eigenvalue weighted by molar-refractivity contribution is 0.123. The van der Waals surface area contributed by atoms with E-state index in [0.29, 0.717) is 6.61 Å². The zero-order valence-electron chi connectivity index (χ0n) is 14.6. The number of hydrogen-bond donors (Lipinski definition) is 1. The highest BCUT2D eigenvalue weighted by atomic mass is 28.1. The van der Waals surface area contributed by atoms with Crippen LogP contribution in [0.2, 0.25) is 0 Å². The van der Waals surface area contributed by atoms with Gasteiger partial charge in [-0.3, -0.25) is 0 Å². The zero-order chi connectivity index (χ0) is 17.4. The van der Waals surface area contributed by atoms with Crippen LogP contribution in [0.4, 0.5) is 0 Å². The lowest BCUT2D eigenvalue weighted by Crippen LogP contribution is -2.18. The van der Waals surface area contributed by atoms with Gasteiger partial charge in [0.2, 0.25) is 0 Å². The van der Waals surface area contributed by atoms with Crippen molar-refractivity contribution in [1.29, 1.82) is 0 Å². The SMILES string of the molecule is CC(O)COc1cccc(-c2cccc3c2Cc2ccccc2-3)c1[SiH3]. The van der Waals surface area contributed by atoms with Crippen LogP contribution in [-0.2, 0) is 6.42 Å². The maximum atomic E-state index is 9.50. The molecule has 3 heteroatoms. The van der Waals surface area contributed by atoms with Crippen molar-refractivity contribution >= 4 is 15.4 Å². The summed E-state index contributed by atoms with van der Waals surface area (Å²) in [5, 5.41) is 10.8. The van der Waals surface area contributed by atoms with Crippen molar-refractivity contribution < 1.29 is 9.84 Å². The average Bonchev–Trinajstić information content (AvgIpc) is 3.00. The molecule has 0 radical (unpaired) electrons. The molecule has 0 amide bonds. The molecule has 126 valence electrons. The molecule has 1 aliphatic rings. The molecule has 0 bridgehead atoms. The van der Waals surface area contributed by atoms with Crippen LogP contribution in [0.3, 0.4) is 0 Å². The van der Waals surface area contributed by atoms with E-state index in [2.05, 4.69) is 54.6 Å². The minimum atomic E-state index is -0.458. The molecule has 1 unspecified atom stereocenters. The van der Waals surface area contributed by atoms with Crippen molar-refractivity contribution in [2.45, 2.75) is 19.4 Å². The molecule has 0 fully saturated rings. The molecular weight excluding hydrogens is 324 g/mol. The molecule has 0 aliphatic heterocycles. The number of aliphatic hydroxyl groups is 1. The van der Waals surface area contributed by atoms with Gasteiger partial charge in [-0.2, -0.15) is 0 Å². The maximum Gasteiger partial charge on any atom is 0.118 e. The number of rotatable bonds is 4. The molecule has 3 aromatic carbocycles. The van der Waals surface area contributed by atoms with Gasteiger partial charge in [0, 0.05) is 10.2 Å². The molecule has 1 aliphatic carbocycles. The summed E-state index contributed by atoms with van der Waals surface area (Å²) < 4.78 is 5.83. The molecule has 0 saturated carbocycles. The summed E-state index contributed by atoms with van der Waals surface area (Å²) in [6, 6.07) is 21.5. The van der Waals surface area contributed by atoms with Crippen LogP contribution in [0.5, 0.6) is 5.75 Å². The van der Waals surface area contributed by atoms with E-state index in [9.17, 15) is 5.11 Å². The molecule has 0 saturated heterocycles. The van der Waals surface area contributed by atoms with Gasteiger partial charge >= 0.3 is 0 Å². The summed E-state index contributed by atoms with van der Waals surface area (Å²) in [5.41, 5.74) is 8.09. The number of hydrogen-bond acceptors (Lipinski definition) is 2. The summed E-state index contributed by atoms with van der Waals surface area (Å²) in [6.07, 6.45) is 0.529. The largest absolute Gasteiger partial charge is 0.491 e. The number of aliphatic hydroxyl groups excluding tert-OH is 1. The first kappa shape index (κ1) is 16.1. The third-order valence-electron chi connectivity index (χ3n) is 4.91. The van der Waals surface area contributed by atoms with Crippen molar-refractivity contribution in [3.8, 4) is 28.0 Å². The Hall–Kier alpha value is -2.36. The topological polar surface area (TPSA) is 29.5 Å². The monoisotopic (exact) mass is 346 g/mol. The number of benzene rings is 3. The van der Waals surface area contributed by atoms with Crippen molar-refractivity contribution in [3.05, 3.63) is 71.8 Å². The Labute approximate surface area is 151 Å². The van der Waals surface area contributed by atoms with Gasteiger partial charge in [-0.1, -0.05) is 54.6 Å². The summed E-state index contributed by atoms with van der Waals surface area (Å²) in [6.45, 7) is 2.08. The van der Waals surface area contributed by atoms with Crippen LogP contribution in [-0.4, -0.2) is 28.1 Å². The van der Waals surface area contributed by atoms with Crippen LogP contribution < -0.4 is 9.92 Å². The lowest BCUT2D eigenvalue weighted by Gasteiger charge is -2.16. The minimum absolute atomic E-state index is 0.330. The molecule has 2 nitrogen and oxygen atoms in total. The average molecular weight is 347 g/mol. The van der Waals surface area contributed by atoms with E-state index in [-0.39, 0.29) is 0 Å². The second-order valence-corrected chi connectivity index (χ2v) is 7.75. The Kier molecular flexibility index (Phi) is 4.20. The van der Waals surface area contributed by atoms with Gasteiger partial charge in [-0.25, -0.2) is 0 Å². The fraction of sp³-hybridized carbons (Fsp3) is 0.182. The Bertz CT molecular complexity index is 931. The number of ether oxygens (including phenoxy) is 1. The van der Waals surface area contributed by atoms with Crippen LogP contribution in [0.25, 0.3) is 22.3 Å². The summed E-state index contributed by atoms with van der Waals surface area (Å²) >= 11 is 0. The van der Waals surface area contributed by atoms with Crippen molar-refractivity contribution in [2.24, 2.45) is 0 Å². The molecule has 0 aromatic heterocycles. The van der Waals surface area contributed by atoms with Crippen LogP contribution in [0, 0.1) is 0 Å². The third kappa shape index (κ3) is 2.90. The fourth-order valence-electron chi connectivity index (χ4n) is 3.68. The maximum absolute atomic E-state index is 9.50. The van der Waals surface area contributed by atoms with Gasteiger partial charge in [0.1, 0.15) is 12.4 Å². The molecule has 25 heavy (non-hydrogen) atoms. The van der Waals surface area contributed by atoms with Crippen molar-refractivity contribution in [1.82, 2.24) is 0 Å². The van der Waals surface area contributed by atoms with Crippen LogP contribution >= 0.6 is 0 Å². The third-order valence-corrected chi connectivity index (χ3v) is 5.94. The van der Waals surface area contributed by atoms with Crippen molar-refractivity contribution in [3.63, 3.8) is 0 Å². The predicted octanol–water partition coefficient (Wildman–Crippen LogP) is 2.68. The van der Waals surface area contributed by atoms with Gasteiger partial charge in [-0.15, -0.1) is 0 Å². The fourth-order valence-corrected chi connectivity index (χ4v) is 4.43. The Morgan fingerprint density at radius 1 is 0.920 bits per heavy atom. The second-order valence-electron chi connectivity index (χ2n) is 6.75. The lowest BCUT2D eigenvalue weighted by atomic mass is 9.95. The van der Waals surface area contributed by atoms with E-state index in [1.54, 1.807) is 6.92 Å². The standard InChI is InChI=1S/C22H22O2Si/c1-14(23)13-24-21-11-5-10-19(22(21)25)18-9-4-8-17-16-7-3-2-6-15(16)12-20(17)18/h2-11,14,23H,12-13H2,1,25H3. The van der Waals surface area contributed by atoms with E-state index >= 15 is 0 Å². The van der Waals surface area contributed by atoms with E-state index in [1.165, 1.54) is 38.6 Å². The molecule has 0 heterocycles. The highest BCUT2D eigenvalue weighted by Crippen LogP contribution is 2.41. The molecule has 0 spiro atoms.